The van der Waals surface area contributed by atoms with Crippen molar-refractivity contribution in [2.24, 2.45) is 0 Å². The van der Waals surface area contributed by atoms with Crippen molar-refractivity contribution >= 4 is 23.2 Å². The topological polar surface area (TPSA) is 46.0 Å². The normalized spacial score (nSPS) is 14.9. The lowest BCUT2D eigenvalue weighted by molar-refractivity contribution is -0.892. The molecule has 0 spiro atoms. The molecular weight excluding hydrogens is 350 g/mol. The molecule has 2 aromatic carbocycles. The molecule has 3 rings (SSSR count). The van der Waals surface area contributed by atoms with Gasteiger partial charge in [-0.3, -0.25) is 4.79 Å². The van der Waals surface area contributed by atoms with Gasteiger partial charge in [-0.15, -0.1) is 0 Å². The fourth-order valence-electron chi connectivity index (χ4n) is 3.08. The first-order chi connectivity index (χ1) is 12.7. The summed E-state index contributed by atoms with van der Waals surface area (Å²) in [7, 11) is 0. The van der Waals surface area contributed by atoms with Crippen LogP contribution in [0.25, 0.3) is 0 Å². The fraction of sp³-hybridized carbons (Fsp3) is 0.350. The molecule has 5 nitrogen and oxygen atoms in total. The minimum absolute atomic E-state index is 0.0767. The summed E-state index contributed by atoms with van der Waals surface area (Å²) in [5, 5.41) is 3.61. The SMILES string of the molecule is O=C(C[NH+]1CCN(c2ccccc2)CC1)NCCOc1ccc(Cl)cc1. The van der Waals surface area contributed by atoms with Gasteiger partial charge in [0.05, 0.1) is 32.7 Å². The van der Waals surface area contributed by atoms with Crippen LogP contribution in [0.2, 0.25) is 5.02 Å². The highest BCUT2D eigenvalue weighted by Gasteiger charge is 2.21. The number of hydrogen-bond donors (Lipinski definition) is 2. The highest BCUT2D eigenvalue weighted by molar-refractivity contribution is 6.30. The van der Waals surface area contributed by atoms with Gasteiger partial charge in [-0.05, 0) is 36.4 Å². The number of piperazine rings is 1. The molecular formula is C20H25ClN3O2+. The zero-order valence-corrected chi connectivity index (χ0v) is 15.5. The Kier molecular flexibility index (Phi) is 6.75. The average Bonchev–Trinajstić information content (AvgIpc) is 2.68. The molecule has 0 aromatic heterocycles. The molecule has 0 saturated carbocycles. The number of ether oxygens (including phenoxy) is 1. The third kappa shape index (κ3) is 5.64. The number of anilines is 1. The van der Waals surface area contributed by atoms with E-state index in [1.165, 1.54) is 10.6 Å². The number of halogens is 1. The maximum atomic E-state index is 12.1. The smallest absolute Gasteiger partial charge is 0.275 e. The van der Waals surface area contributed by atoms with Gasteiger partial charge in [-0.25, -0.2) is 0 Å². The number of benzene rings is 2. The van der Waals surface area contributed by atoms with Crippen LogP contribution in [0.5, 0.6) is 5.75 Å². The summed E-state index contributed by atoms with van der Waals surface area (Å²) in [5.74, 6) is 0.833. The number of nitrogens with one attached hydrogen (secondary N) is 2. The molecule has 26 heavy (non-hydrogen) atoms. The zero-order chi connectivity index (χ0) is 18.2. The van der Waals surface area contributed by atoms with Crippen LogP contribution in [0, 0.1) is 0 Å². The van der Waals surface area contributed by atoms with Gasteiger partial charge in [0, 0.05) is 10.7 Å². The van der Waals surface area contributed by atoms with Gasteiger partial charge in [0.25, 0.3) is 5.91 Å². The number of hydrogen-bond acceptors (Lipinski definition) is 3. The third-order valence-corrected chi connectivity index (χ3v) is 4.76. The molecule has 1 aliphatic rings. The minimum Gasteiger partial charge on any atom is -0.492 e. The minimum atomic E-state index is 0.0767. The van der Waals surface area contributed by atoms with Gasteiger partial charge in [-0.1, -0.05) is 29.8 Å². The van der Waals surface area contributed by atoms with E-state index in [1.54, 1.807) is 12.1 Å². The predicted molar refractivity (Wildman–Crippen MR) is 104 cm³/mol. The van der Waals surface area contributed by atoms with Crippen LogP contribution in [0.3, 0.4) is 0 Å². The number of para-hydroxylation sites is 1. The summed E-state index contributed by atoms with van der Waals surface area (Å²) in [6.45, 7) is 5.38. The summed E-state index contributed by atoms with van der Waals surface area (Å²) in [5.41, 5.74) is 1.26. The third-order valence-electron chi connectivity index (χ3n) is 4.51. The van der Waals surface area contributed by atoms with Crippen molar-refractivity contribution in [1.82, 2.24) is 5.32 Å². The second kappa shape index (κ2) is 9.46. The fourth-order valence-corrected chi connectivity index (χ4v) is 3.20. The molecule has 2 N–H and O–H groups in total. The molecule has 138 valence electrons. The Morgan fingerprint density at radius 2 is 1.77 bits per heavy atom. The first kappa shape index (κ1) is 18.5. The van der Waals surface area contributed by atoms with E-state index in [1.807, 2.05) is 18.2 Å². The number of amides is 1. The Balaban J connectivity index is 1.31. The maximum Gasteiger partial charge on any atom is 0.275 e. The highest BCUT2D eigenvalue weighted by Crippen LogP contribution is 2.15. The largest absolute Gasteiger partial charge is 0.492 e. The second-order valence-corrected chi connectivity index (χ2v) is 6.84. The molecule has 1 amide bonds. The first-order valence-corrected chi connectivity index (χ1v) is 9.37. The van der Waals surface area contributed by atoms with Crippen LogP contribution in [0.15, 0.2) is 54.6 Å². The summed E-state index contributed by atoms with van der Waals surface area (Å²) < 4.78 is 5.58. The van der Waals surface area contributed by atoms with E-state index in [2.05, 4.69) is 34.5 Å². The molecule has 0 atom stereocenters. The van der Waals surface area contributed by atoms with Gasteiger partial charge in [-0.2, -0.15) is 0 Å². The monoisotopic (exact) mass is 374 g/mol. The molecule has 0 bridgehead atoms. The van der Waals surface area contributed by atoms with Crippen LogP contribution >= 0.6 is 11.6 Å². The number of nitrogens with zero attached hydrogens (tertiary/aromatic N) is 1. The number of quaternary nitrogens is 1. The van der Waals surface area contributed by atoms with Crippen molar-refractivity contribution in [3.05, 3.63) is 59.6 Å². The summed E-state index contributed by atoms with van der Waals surface area (Å²) in [6.07, 6.45) is 0. The van der Waals surface area contributed by atoms with Gasteiger partial charge >= 0.3 is 0 Å². The highest BCUT2D eigenvalue weighted by atomic mass is 35.5. The van der Waals surface area contributed by atoms with Gasteiger partial charge in [0.1, 0.15) is 12.4 Å². The summed E-state index contributed by atoms with van der Waals surface area (Å²) in [4.78, 5) is 15.8. The molecule has 0 unspecified atom stereocenters. The van der Waals surface area contributed by atoms with E-state index in [0.29, 0.717) is 24.7 Å². The molecule has 0 radical (unpaired) electrons. The Hall–Kier alpha value is -2.24. The summed E-state index contributed by atoms with van der Waals surface area (Å²) in [6, 6.07) is 17.6. The molecule has 1 fully saturated rings. The number of rotatable bonds is 7. The van der Waals surface area contributed by atoms with E-state index in [0.717, 1.165) is 31.9 Å². The molecule has 2 aromatic rings. The van der Waals surface area contributed by atoms with Crippen molar-refractivity contribution in [2.45, 2.75) is 0 Å². The lowest BCUT2D eigenvalue weighted by atomic mass is 10.2. The van der Waals surface area contributed by atoms with Crippen molar-refractivity contribution in [3.63, 3.8) is 0 Å². The first-order valence-electron chi connectivity index (χ1n) is 8.99. The van der Waals surface area contributed by atoms with E-state index in [4.69, 9.17) is 16.3 Å². The van der Waals surface area contributed by atoms with Gasteiger partial charge in [0.2, 0.25) is 0 Å². The van der Waals surface area contributed by atoms with Gasteiger partial charge in [0.15, 0.2) is 6.54 Å². The van der Waals surface area contributed by atoms with Crippen LogP contribution in [-0.2, 0) is 4.79 Å². The second-order valence-electron chi connectivity index (χ2n) is 6.40. The van der Waals surface area contributed by atoms with E-state index < -0.39 is 0 Å². The van der Waals surface area contributed by atoms with E-state index in [9.17, 15) is 4.79 Å². The predicted octanol–water partition coefficient (Wildman–Crippen LogP) is 1.24. The maximum absolute atomic E-state index is 12.1. The standard InChI is InChI=1S/C20H24ClN3O2/c21-17-6-8-19(9-7-17)26-15-10-22-20(25)16-23-11-13-24(14-12-23)18-4-2-1-3-5-18/h1-9H,10-16H2,(H,22,25)/p+1. The molecule has 1 heterocycles. The molecule has 1 aliphatic heterocycles. The lowest BCUT2D eigenvalue weighted by Crippen LogP contribution is -3.16. The summed E-state index contributed by atoms with van der Waals surface area (Å²) >= 11 is 5.83. The van der Waals surface area contributed by atoms with Crippen LogP contribution < -0.4 is 19.9 Å². The van der Waals surface area contributed by atoms with Gasteiger partial charge < -0.3 is 19.9 Å². The molecule has 6 heteroatoms. The quantitative estimate of drug-likeness (QED) is 0.717. The van der Waals surface area contributed by atoms with Crippen molar-refractivity contribution < 1.29 is 14.4 Å². The Morgan fingerprint density at radius 1 is 1.08 bits per heavy atom. The van der Waals surface area contributed by atoms with Crippen molar-refractivity contribution in [1.29, 1.82) is 0 Å². The molecule has 0 aliphatic carbocycles. The van der Waals surface area contributed by atoms with Crippen LogP contribution in [0.1, 0.15) is 0 Å². The van der Waals surface area contributed by atoms with Crippen molar-refractivity contribution in [2.75, 3.05) is 50.8 Å². The molecule has 1 saturated heterocycles. The number of carbonyl (C=O) groups is 1. The Bertz CT molecular complexity index is 686. The van der Waals surface area contributed by atoms with E-state index in [-0.39, 0.29) is 5.91 Å². The van der Waals surface area contributed by atoms with Crippen LogP contribution in [-0.4, -0.2) is 51.8 Å². The Labute approximate surface area is 159 Å². The lowest BCUT2D eigenvalue weighted by Gasteiger charge is -2.33. The van der Waals surface area contributed by atoms with Crippen LogP contribution in [0.4, 0.5) is 5.69 Å². The average molecular weight is 375 g/mol. The zero-order valence-electron chi connectivity index (χ0n) is 14.8. The number of carbonyl (C=O) groups excluding carboxylic acids is 1. The van der Waals surface area contributed by atoms with E-state index >= 15 is 0 Å². The van der Waals surface area contributed by atoms with Crippen molar-refractivity contribution in [3.8, 4) is 5.75 Å². The Morgan fingerprint density at radius 3 is 2.46 bits per heavy atom.